The van der Waals surface area contributed by atoms with Crippen molar-refractivity contribution >= 4 is 67.6 Å². The Labute approximate surface area is 265 Å². The average molecular weight is 665 g/mol. The fourth-order valence-electron chi connectivity index (χ4n) is 4.25. The van der Waals surface area contributed by atoms with E-state index in [-0.39, 0.29) is 28.0 Å². The van der Waals surface area contributed by atoms with Gasteiger partial charge in [-0.3, -0.25) is 4.55 Å². The van der Waals surface area contributed by atoms with Gasteiger partial charge in [-0.1, -0.05) is 5.04 Å². The molecule has 5 aromatic rings. The van der Waals surface area contributed by atoms with Crippen molar-refractivity contribution in [2.45, 2.75) is 30.6 Å². The second kappa shape index (κ2) is 13.1. The predicted octanol–water partition coefficient (Wildman–Crippen LogP) is 7.13. The van der Waals surface area contributed by atoms with Gasteiger partial charge in [0.2, 0.25) is 0 Å². The van der Waals surface area contributed by atoms with Crippen molar-refractivity contribution in [2.24, 2.45) is 20.5 Å². The van der Waals surface area contributed by atoms with Crippen LogP contribution in [-0.2, 0) is 19.5 Å². The number of aryl methyl sites for hydroxylation is 3. The minimum atomic E-state index is -4.80. The third-order valence-electron chi connectivity index (χ3n) is 6.62. The molecule has 0 radical (unpaired) electrons. The van der Waals surface area contributed by atoms with E-state index in [1.807, 2.05) is 26.0 Å². The van der Waals surface area contributed by atoms with E-state index in [1.54, 1.807) is 25.1 Å². The molecule has 0 unspecified atom stereocenters. The highest BCUT2D eigenvalue weighted by Crippen LogP contribution is 2.33. The third kappa shape index (κ3) is 7.07. The number of nitrogen functional groups attached to an aromatic ring is 1. The maximum atomic E-state index is 12.3. The van der Waals surface area contributed by atoms with E-state index in [4.69, 9.17) is 11.0 Å². The Hall–Kier alpha value is -5.11. The van der Waals surface area contributed by atoms with Gasteiger partial charge in [-0.15, -0.1) is 24.4 Å². The lowest BCUT2D eigenvalue weighted by molar-refractivity contribution is -0.432. The minimum absolute atomic E-state index is 0.00772. The molecule has 1 heterocycles. The Morgan fingerprint density at radius 1 is 0.848 bits per heavy atom. The van der Waals surface area contributed by atoms with E-state index in [1.165, 1.54) is 24.3 Å². The molecule has 0 bridgehead atoms. The second-order valence-electron chi connectivity index (χ2n) is 9.85. The van der Waals surface area contributed by atoms with Crippen LogP contribution in [0, 0.1) is 20.8 Å². The first-order valence-corrected chi connectivity index (χ1v) is 15.2. The lowest BCUT2D eigenvalue weighted by Gasteiger charge is -2.06. The first kappa shape index (κ1) is 32.3. The number of nitrogens with two attached hydrogens (primary N) is 1. The van der Waals surface area contributed by atoms with Crippen LogP contribution in [-0.4, -0.2) is 44.3 Å². The van der Waals surface area contributed by atoms with Gasteiger partial charge < -0.3 is 10.8 Å². The molecule has 0 aliphatic rings. The van der Waals surface area contributed by atoms with Gasteiger partial charge in [0.1, 0.15) is 27.3 Å². The number of carboxylic acids is 1. The van der Waals surface area contributed by atoms with Crippen molar-refractivity contribution in [2.75, 3.05) is 5.73 Å². The summed E-state index contributed by atoms with van der Waals surface area (Å²) in [7, 11) is -4.80. The summed E-state index contributed by atoms with van der Waals surface area (Å²) in [5.74, 6) is -1.29. The smallest absolute Gasteiger partial charge is 0.337 e. The number of rotatable bonds is 10. The number of aromatic carboxylic acids is 1. The number of anilines is 1. The molecular weight excluding hydrogens is 640 g/mol. The average Bonchev–Trinajstić information content (AvgIpc) is 3.42. The molecule has 5 rings (SSSR count). The lowest BCUT2D eigenvalue weighted by Crippen LogP contribution is -2.08. The molecule has 5 N–H and O–H groups in total. The molecule has 0 fully saturated rings. The van der Waals surface area contributed by atoms with Crippen molar-refractivity contribution in [1.29, 1.82) is 0 Å². The molecule has 0 saturated heterocycles. The van der Waals surface area contributed by atoms with Gasteiger partial charge in [0.15, 0.2) is 0 Å². The van der Waals surface area contributed by atoms with Crippen LogP contribution >= 0.6 is 12.0 Å². The molecule has 18 heteroatoms. The number of carboxylic acid groups (broad SMARTS) is 1. The van der Waals surface area contributed by atoms with E-state index in [0.717, 1.165) is 22.0 Å². The summed E-state index contributed by atoms with van der Waals surface area (Å²) in [5.41, 5.74) is 10.3. The van der Waals surface area contributed by atoms with Gasteiger partial charge in [-0.25, -0.2) is 10.1 Å². The highest BCUT2D eigenvalue weighted by Gasteiger charge is 2.21. The number of nitrogens with zero attached hydrogens (tertiary/aromatic N) is 7. The summed E-state index contributed by atoms with van der Waals surface area (Å²) in [6.07, 6.45) is 0. The molecule has 0 atom stereocenters. The SMILES string of the molecule is Cc1cc(N=Nc2ccc(N=Nc3cc4nn(-c5cc(SOOO)ccc5C(=O)O)nc4cc3S(=O)(=O)O)c(C)c2)c(C)cc1N. The summed E-state index contributed by atoms with van der Waals surface area (Å²) in [6.45, 7) is 5.52. The minimum Gasteiger partial charge on any atom is -0.478 e. The second-order valence-corrected chi connectivity index (χ2v) is 12.0. The van der Waals surface area contributed by atoms with Crippen molar-refractivity contribution in [1.82, 2.24) is 15.0 Å². The highest BCUT2D eigenvalue weighted by atomic mass is 32.2. The van der Waals surface area contributed by atoms with Crippen LogP contribution in [0.5, 0.6) is 0 Å². The maximum absolute atomic E-state index is 12.3. The zero-order valence-corrected chi connectivity index (χ0v) is 25.8. The fraction of sp³-hybridized carbons (Fsp3) is 0.107. The lowest BCUT2D eigenvalue weighted by atomic mass is 10.1. The molecule has 0 spiro atoms. The van der Waals surface area contributed by atoms with Crippen molar-refractivity contribution < 1.29 is 37.5 Å². The van der Waals surface area contributed by atoms with E-state index < -0.39 is 21.0 Å². The zero-order valence-electron chi connectivity index (χ0n) is 24.2. The van der Waals surface area contributed by atoms with Gasteiger partial charge in [0, 0.05) is 10.6 Å². The molecule has 0 aliphatic heterocycles. The standard InChI is InChI=1S/C28H24N8O8S2/c1-14-10-22(16(3)9-20(14)29)32-30-17-4-7-21(15(2)8-17)31-33-25-12-23-24(13-27(25)46(40,41)42)35-36(34-23)26-11-18(45-44-43-39)5-6-19(26)28(37)38/h4-13,39H,29H2,1-3H3,(H,37,38)(H,40,41,42). The summed E-state index contributed by atoms with van der Waals surface area (Å²) in [4.78, 5) is 12.6. The molecule has 0 aliphatic carbocycles. The number of fused-ring (bicyclic) bond motifs is 1. The topological polar surface area (TPSA) is 237 Å². The molecule has 0 saturated carbocycles. The van der Waals surface area contributed by atoms with Gasteiger partial charge in [-0.05, 0) is 98.1 Å². The number of azo groups is 2. The number of hydrogen-bond donors (Lipinski definition) is 4. The van der Waals surface area contributed by atoms with Gasteiger partial charge in [-0.2, -0.15) is 23.8 Å². The van der Waals surface area contributed by atoms with Crippen molar-refractivity contribution in [3.8, 4) is 5.69 Å². The summed E-state index contributed by atoms with van der Waals surface area (Å²) < 4.78 is 38.9. The van der Waals surface area contributed by atoms with Crippen molar-refractivity contribution in [3.63, 3.8) is 0 Å². The third-order valence-corrected chi connectivity index (χ3v) is 8.08. The Balaban J connectivity index is 1.49. The normalized spacial score (nSPS) is 12.1. The van der Waals surface area contributed by atoms with E-state index in [2.05, 4.69) is 40.0 Å². The molecule has 16 nitrogen and oxygen atoms in total. The van der Waals surface area contributed by atoms with Gasteiger partial charge in [0.05, 0.1) is 34.7 Å². The molecule has 0 amide bonds. The van der Waals surface area contributed by atoms with Crippen molar-refractivity contribution in [3.05, 3.63) is 82.9 Å². The van der Waals surface area contributed by atoms with Crippen LogP contribution in [0.1, 0.15) is 27.0 Å². The molecule has 236 valence electrons. The number of carbonyl (C=O) groups is 1. The van der Waals surface area contributed by atoms with Crippen LogP contribution in [0.25, 0.3) is 16.7 Å². The number of benzene rings is 4. The van der Waals surface area contributed by atoms with Gasteiger partial charge >= 0.3 is 5.97 Å². The van der Waals surface area contributed by atoms with Crippen LogP contribution < -0.4 is 5.73 Å². The molecule has 46 heavy (non-hydrogen) atoms. The highest BCUT2D eigenvalue weighted by molar-refractivity contribution is 7.94. The first-order valence-electron chi connectivity index (χ1n) is 13.1. The first-order chi connectivity index (χ1) is 21.8. The van der Waals surface area contributed by atoms with Crippen LogP contribution in [0.3, 0.4) is 0 Å². The van der Waals surface area contributed by atoms with Crippen LogP contribution in [0.4, 0.5) is 28.4 Å². The van der Waals surface area contributed by atoms with E-state index in [9.17, 15) is 22.9 Å². The molecule has 1 aromatic heterocycles. The zero-order chi connectivity index (χ0) is 33.2. The van der Waals surface area contributed by atoms with Crippen LogP contribution in [0.15, 0.2) is 90.9 Å². The summed E-state index contributed by atoms with van der Waals surface area (Å²) in [5, 5.41) is 47.0. The van der Waals surface area contributed by atoms with E-state index >= 15 is 0 Å². The number of aromatic nitrogens is 3. The fourth-order valence-corrected chi connectivity index (χ4v) is 5.27. The Morgan fingerprint density at radius 2 is 1.52 bits per heavy atom. The largest absolute Gasteiger partial charge is 0.478 e. The van der Waals surface area contributed by atoms with Gasteiger partial charge in [0.25, 0.3) is 10.1 Å². The molecular formula is C28H24N8O8S2. The Morgan fingerprint density at radius 3 is 2.20 bits per heavy atom. The maximum Gasteiger partial charge on any atom is 0.337 e. The predicted molar refractivity (Wildman–Crippen MR) is 166 cm³/mol. The van der Waals surface area contributed by atoms with E-state index in [0.29, 0.717) is 45.3 Å². The monoisotopic (exact) mass is 664 g/mol. The quantitative estimate of drug-likeness (QED) is 0.0291. The Kier molecular flexibility index (Phi) is 9.19. The number of hydrogen-bond acceptors (Lipinski definition) is 14. The van der Waals surface area contributed by atoms with Crippen LogP contribution in [0.2, 0.25) is 0 Å². The summed E-state index contributed by atoms with van der Waals surface area (Å²) >= 11 is 0.585. The summed E-state index contributed by atoms with van der Waals surface area (Å²) in [6, 6.07) is 15.0. The molecule has 4 aromatic carbocycles. The Bertz CT molecular complexity index is 2170.